The maximum atomic E-state index is 11.8. The molecule has 0 fully saturated rings. The summed E-state index contributed by atoms with van der Waals surface area (Å²) in [6.07, 6.45) is 3.26. The number of carboxylic acid groups (broad SMARTS) is 1. The number of aliphatic carboxylic acids is 1. The average Bonchev–Trinajstić information content (AvgIpc) is 2.35. The number of carbonyl (C=O) groups is 1. The SMILES string of the molecule is CCCC(CCC(C)C)(C(=O)O)c1ccccc1. The Bertz CT molecular complexity index is 370. The molecule has 0 bridgehead atoms. The Balaban J connectivity index is 3.09. The van der Waals surface area contributed by atoms with Crippen molar-refractivity contribution in [2.75, 3.05) is 0 Å². The van der Waals surface area contributed by atoms with Crippen LogP contribution in [0.25, 0.3) is 0 Å². The minimum absolute atomic E-state index is 0.532. The van der Waals surface area contributed by atoms with Crippen LogP contribution in [0.15, 0.2) is 30.3 Å². The molecule has 2 heteroatoms. The van der Waals surface area contributed by atoms with Gasteiger partial charge in [0.15, 0.2) is 0 Å². The highest BCUT2D eigenvalue weighted by Crippen LogP contribution is 2.35. The Labute approximate surface area is 110 Å². The Morgan fingerprint density at radius 1 is 1.22 bits per heavy atom. The third-order valence-electron chi connectivity index (χ3n) is 3.56. The number of rotatable bonds is 7. The van der Waals surface area contributed by atoms with Crippen LogP contribution in [0.1, 0.15) is 52.0 Å². The van der Waals surface area contributed by atoms with Gasteiger partial charge in [0.2, 0.25) is 0 Å². The molecular formula is C16H24O2. The molecule has 0 aromatic heterocycles. The minimum atomic E-state index is -0.708. The molecule has 0 spiro atoms. The molecule has 1 rings (SSSR count). The van der Waals surface area contributed by atoms with Gasteiger partial charge in [0.25, 0.3) is 0 Å². The van der Waals surface area contributed by atoms with Crippen molar-refractivity contribution < 1.29 is 9.90 Å². The van der Waals surface area contributed by atoms with E-state index in [0.717, 1.165) is 24.8 Å². The molecule has 1 aromatic carbocycles. The molecule has 2 nitrogen and oxygen atoms in total. The van der Waals surface area contributed by atoms with Gasteiger partial charge in [0.1, 0.15) is 0 Å². The van der Waals surface area contributed by atoms with Gasteiger partial charge in [-0.05, 0) is 30.7 Å². The van der Waals surface area contributed by atoms with Crippen molar-refractivity contribution >= 4 is 5.97 Å². The first-order chi connectivity index (χ1) is 8.53. The molecule has 0 saturated carbocycles. The van der Waals surface area contributed by atoms with E-state index < -0.39 is 11.4 Å². The van der Waals surface area contributed by atoms with Gasteiger partial charge in [-0.1, -0.05) is 57.5 Å². The molecule has 100 valence electrons. The van der Waals surface area contributed by atoms with E-state index in [1.807, 2.05) is 30.3 Å². The van der Waals surface area contributed by atoms with Gasteiger partial charge in [-0.2, -0.15) is 0 Å². The summed E-state index contributed by atoms with van der Waals surface area (Å²) < 4.78 is 0. The second-order valence-electron chi connectivity index (χ2n) is 5.44. The van der Waals surface area contributed by atoms with E-state index in [0.29, 0.717) is 12.3 Å². The molecule has 1 aromatic rings. The molecule has 18 heavy (non-hydrogen) atoms. The van der Waals surface area contributed by atoms with E-state index in [-0.39, 0.29) is 0 Å². The quantitative estimate of drug-likeness (QED) is 0.783. The zero-order valence-electron chi connectivity index (χ0n) is 11.6. The zero-order chi connectivity index (χ0) is 13.6. The second-order valence-corrected chi connectivity index (χ2v) is 5.44. The standard InChI is InChI=1S/C16H24O2/c1-4-11-16(15(17)18,12-10-13(2)3)14-8-6-5-7-9-14/h5-9,13H,4,10-12H2,1-3H3,(H,17,18). The normalized spacial score (nSPS) is 14.4. The molecule has 0 radical (unpaired) electrons. The zero-order valence-corrected chi connectivity index (χ0v) is 11.6. The van der Waals surface area contributed by atoms with Crippen molar-refractivity contribution in [2.24, 2.45) is 5.92 Å². The van der Waals surface area contributed by atoms with Gasteiger partial charge in [-0.15, -0.1) is 0 Å². The van der Waals surface area contributed by atoms with Crippen LogP contribution in [0.4, 0.5) is 0 Å². The molecule has 0 heterocycles. The van der Waals surface area contributed by atoms with Crippen LogP contribution < -0.4 is 0 Å². The topological polar surface area (TPSA) is 37.3 Å². The maximum absolute atomic E-state index is 11.8. The second kappa shape index (κ2) is 6.58. The highest BCUT2D eigenvalue weighted by Gasteiger charge is 2.38. The Morgan fingerprint density at radius 3 is 2.28 bits per heavy atom. The van der Waals surface area contributed by atoms with Crippen molar-refractivity contribution in [3.8, 4) is 0 Å². The molecule has 0 aliphatic carbocycles. The fourth-order valence-corrected chi connectivity index (χ4v) is 2.47. The highest BCUT2D eigenvalue weighted by molar-refractivity contribution is 5.81. The highest BCUT2D eigenvalue weighted by atomic mass is 16.4. The summed E-state index contributed by atoms with van der Waals surface area (Å²) in [6, 6.07) is 9.69. The monoisotopic (exact) mass is 248 g/mol. The van der Waals surface area contributed by atoms with Crippen molar-refractivity contribution in [1.82, 2.24) is 0 Å². The lowest BCUT2D eigenvalue weighted by molar-refractivity contribution is -0.144. The molecule has 1 unspecified atom stereocenters. The summed E-state index contributed by atoms with van der Waals surface area (Å²) in [7, 11) is 0. The van der Waals surface area contributed by atoms with Gasteiger partial charge in [-0.3, -0.25) is 4.79 Å². The van der Waals surface area contributed by atoms with Crippen LogP contribution in [-0.4, -0.2) is 11.1 Å². The summed E-state index contributed by atoms with van der Waals surface area (Å²) in [5, 5.41) is 9.72. The number of carboxylic acids is 1. The molecule has 1 atom stereocenters. The Hall–Kier alpha value is -1.31. The van der Waals surface area contributed by atoms with Crippen molar-refractivity contribution in [3.63, 3.8) is 0 Å². The van der Waals surface area contributed by atoms with E-state index in [2.05, 4.69) is 20.8 Å². The molecule has 0 amide bonds. The smallest absolute Gasteiger partial charge is 0.314 e. The van der Waals surface area contributed by atoms with E-state index in [9.17, 15) is 9.90 Å². The first-order valence-electron chi connectivity index (χ1n) is 6.82. The van der Waals surface area contributed by atoms with Crippen molar-refractivity contribution in [1.29, 1.82) is 0 Å². The van der Waals surface area contributed by atoms with Crippen molar-refractivity contribution in [2.45, 2.75) is 51.9 Å². The van der Waals surface area contributed by atoms with E-state index >= 15 is 0 Å². The first-order valence-corrected chi connectivity index (χ1v) is 6.82. The number of benzene rings is 1. The minimum Gasteiger partial charge on any atom is -0.481 e. The lowest BCUT2D eigenvalue weighted by Crippen LogP contribution is -2.36. The van der Waals surface area contributed by atoms with Crippen LogP contribution in [0, 0.1) is 5.92 Å². The van der Waals surface area contributed by atoms with Gasteiger partial charge in [0, 0.05) is 0 Å². The Kier molecular flexibility index (Phi) is 5.39. The van der Waals surface area contributed by atoms with Crippen LogP contribution >= 0.6 is 0 Å². The van der Waals surface area contributed by atoms with Crippen LogP contribution in [0.3, 0.4) is 0 Å². The molecular weight excluding hydrogens is 224 g/mol. The summed E-state index contributed by atoms with van der Waals surface area (Å²) in [6.45, 7) is 6.34. The van der Waals surface area contributed by atoms with E-state index in [1.165, 1.54) is 0 Å². The van der Waals surface area contributed by atoms with Crippen molar-refractivity contribution in [3.05, 3.63) is 35.9 Å². The van der Waals surface area contributed by atoms with Gasteiger partial charge < -0.3 is 5.11 Å². The average molecular weight is 248 g/mol. The lowest BCUT2D eigenvalue weighted by atomic mass is 9.72. The summed E-state index contributed by atoms with van der Waals surface area (Å²) >= 11 is 0. The predicted molar refractivity (Wildman–Crippen MR) is 74.7 cm³/mol. The summed E-state index contributed by atoms with van der Waals surface area (Å²) in [5.74, 6) is -0.152. The number of hydrogen-bond donors (Lipinski definition) is 1. The van der Waals surface area contributed by atoms with Crippen LogP contribution in [0.2, 0.25) is 0 Å². The summed E-state index contributed by atoms with van der Waals surface area (Å²) in [5.41, 5.74) is 0.236. The maximum Gasteiger partial charge on any atom is 0.314 e. The van der Waals surface area contributed by atoms with E-state index in [1.54, 1.807) is 0 Å². The molecule has 1 N–H and O–H groups in total. The van der Waals surface area contributed by atoms with E-state index in [4.69, 9.17) is 0 Å². The molecule has 0 aliphatic heterocycles. The van der Waals surface area contributed by atoms with Gasteiger partial charge >= 0.3 is 5.97 Å². The third kappa shape index (κ3) is 3.34. The molecule has 0 aliphatic rings. The van der Waals surface area contributed by atoms with Gasteiger partial charge in [0.05, 0.1) is 5.41 Å². The van der Waals surface area contributed by atoms with Crippen LogP contribution in [0.5, 0.6) is 0 Å². The number of hydrogen-bond acceptors (Lipinski definition) is 1. The Morgan fingerprint density at radius 2 is 1.83 bits per heavy atom. The van der Waals surface area contributed by atoms with Crippen LogP contribution in [-0.2, 0) is 10.2 Å². The fourth-order valence-electron chi connectivity index (χ4n) is 2.47. The largest absolute Gasteiger partial charge is 0.481 e. The summed E-state index contributed by atoms with van der Waals surface area (Å²) in [4.78, 5) is 11.8. The lowest BCUT2D eigenvalue weighted by Gasteiger charge is -2.30. The first kappa shape index (κ1) is 14.7. The molecule has 0 saturated heterocycles. The fraction of sp³-hybridized carbons (Fsp3) is 0.562. The third-order valence-corrected chi connectivity index (χ3v) is 3.56. The predicted octanol–water partition coefficient (Wildman–Crippen LogP) is 4.25. The van der Waals surface area contributed by atoms with Gasteiger partial charge in [-0.25, -0.2) is 0 Å².